The van der Waals surface area contributed by atoms with Gasteiger partial charge in [0.05, 0.1) is 4.21 Å². The predicted molar refractivity (Wildman–Crippen MR) is 68.2 cm³/mol. The number of thioether (sulfide) groups is 1. The number of rotatable bonds is 2. The SMILES string of the molecule is CSc1cc2cc(Cl)cc(CCl)c2s1. The summed E-state index contributed by atoms with van der Waals surface area (Å²) in [4.78, 5) is 0. The van der Waals surface area contributed by atoms with Crippen molar-refractivity contribution < 1.29 is 0 Å². The van der Waals surface area contributed by atoms with Crippen LogP contribution in [-0.4, -0.2) is 6.26 Å². The molecule has 0 spiro atoms. The summed E-state index contributed by atoms with van der Waals surface area (Å²) in [5.41, 5.74) is 1.12. The van der Waals surface area contributed by atoms with E-state index >= 15 is 0 Å². The Morgan fingerprint density at radius 3 is 2.79 bits per heavy atom. The smallest absolute Gasteiger partial charge is 0.0608 e. The van der Waals surface area contributed by atoms with Gasteiger partial charge in [-0.15, -0.1) is 34.7 Å². The number of hydrogen-bond acceptors (Lipinski definition) is 2. The van der Waals surface area contributed by atoms with E-state index in [2.05, 4.69) is 12.3 Å². The van der Waals surface area contributed by atoms with Crippen molar-refractivity contribution in [2.75, 3.05) is 6.26 Å². The summed E-state index contributed by atoms with van der Waals surface area (Å²) in [6, 6.07) is 6.09. The van der Waals surface area contributed by atoms with Crippen molar-refractivity contribution in [2.45, 2.75) is 10.1 Å². The van der Waals surface area contributed by atoms with Crippen LogP contribution in [0.2, 0.25) is 5.02 Å². The van der Waals surface area contributed by atoms with E-state index in [0.717, 1.165) is 10.6 Å². The van der Waals surface area contributed by atoms with Crippen LogP contribution in [0.1, 0.15) is 5.56 Å². The third-order valence-corrected chi connectivity index (χ3v) is 4.78. The molecule has 0 fully saturated rings. The summed E-state index contributed by atoms with van der Waals surface area (Å²) in [5.74, 6) is 0.519. The Kier molecular flexibility index (Phi) is 3.27. The monoisotopic (exact) mass is 262 g/mol. The first kappa shape index (κ1) is 10.6. The third-order valence-electron chi connectivity index (χ3n) is 1.98. The van der Waals surface area contributed by atoms with E-state index in [1.165, 1.54) is 14.3 Å². The highest BCUT2D eigenvalue weighted by molar-refractivity contribution is 8.00. The summed E-state index contributed by atoms with van der Waals surface area (Å²) in [5, 5.41) is 1.96. The Morgan fingerprint density at radius 1 is 1.36 bits per heavy atom. The lowest BCUT2D eigenvalue weighted by molar-refractivity contribution is 1.47. The highest BCUT2D eigenvalue weighted by atomic mass is 35.5. The van der Waals surface area contributed by atoms with Gasteiger partial charge in [0.1, 0.15) is 0 Å². The molecule has 4 heteroatoms. The molecule has 0 unspecified atom stereocenters. The zero-order valence-electron chi connectivity index (χ0n) is 7.51. The van der Waals surface area contributed by atoms with Crippen LogP contribution in [0.4, 0.5) is 0 Å². The third kappa shape index (κ3) is 1.89. The molecule has 0 aliphatic rings. The van der Waals surface area contributed by atoms with E-state index in [1.807, 2.05) is 12.1 Å². The fraction of sp³-hybridized carbons (Fsp3) is 0.200. The predicted octanol–water partition coefficient (Wildman–Crippen LogP) is 5.02. The van der Waals surface area contributed by atoms with Gasteiger partial charge in [-0.1, -0.05) is 11.6 Å². The first-order chi connectivity index (χ1) is 6.74. The Morgan fingerprint density at radius 2 is 2.14 bits per heavy atom. The number of halogens is 2. The fourth-order valence-corrected chi connectivity index (χ4v) is 3.61. The van der Waals surface area contributed by atoms with Gasteiger partial charge >= 0.3 is 0 Å². The van der Waals surface area contributed by atoms with E-state index < -0.39 is 0 Å². The molecule has 0 saturated carbocycles. The largest absolute Gasteiger partial charge is 0.129 e. The lowest BCUT2D eigenvalue weighted by Crippen LogP contribution is -1.77. The topological polar surface area (TPSA) is 0 Å². The number of alkyl halides is 1. The van der Waals surface area contributed by atoms with Crippen LogP contribution in [0.15, 0.2) is 22.4 Å². The summed E-state index contributed by atoms with van der Waals surface area (Å²) in [6.45, 7) is 0. The molecule has 14 heavy (non-hydrogen) atoms. The molecular formula is C10H8Cl2S2. The Labute approximate surface area is 101 Å². The molecule has 0 bridgehead atoms. The molecular weight excluding hydrogens is 255 g/mol. The van der Waals surface area contributed by atoms with Gasteiger partial charge in [-0.3, -0.25) is 0 Å². The first-order valence-corrected chi connectivity index (χ1v) is 7.02. The van der Waals surface area contributed by atoms with Crippen molar-refractivity contribution in [2.24, 2.45) is 0 Å². The van der Waals surface area contributed by atoms with Crippen LogP contribution < -0.4 is 0 Å². The molecule has 1 aromatic heterocycles. The lowest BCUT2D eigenvalue weighted by atomic mass is 10.2. The second-order valence-corrected chi connectivity index (χ2v) is 5.75. The molecule has 74 valence electrons. The van der Waals surface area contributed by atoms with Crippen molar-refractivity contribution in [3.8, 4) is 0 Å². The van der Waals surface area contributed by atoms with Crippen LogP contribution in [0.5, 0.6) is 0 Å². The lowest BCUT2D eigenvalue weighted by Gasteiger charge is -1.98. The summed E-state index contributed by atoms with van der Waals surface area (Å²) in [7, 11) is 0. The average Bonchev–Trinajstić information content (AvgIpc) is 2.59. The number of thiophene rings is 1. The number of fused-ring (bicyclic) bond motifs is 1. The highest BCUT2D eigenvalue weighted by Gasteiger charge is 2.06. The van der Waals surface area contributed by atoms with E-state index in [-0.39, 0.29) is 0 Å². The maximum atomic E-state index is 5.99. The molecule has 0 amide bonds. The molecule has 0 aliphatic heterocycles. The zero-order chi connectivity index (χ0) is 10.1. The Balaban J connectivity index is 2.71. The second-order valence-electron chi connectivity index (χ2n) is 2.89. The molecule has 2 rings (SSSR count). The van der Waals surface area contributed by atoms with Gasteiger partial charge in [0.2, 0.25) is 0 Å². The maximum Gasteiger partial charge on any atom is 0.0608 e. The quantitative estimate of drug-likeness (QED) is 0.541. The normalized spacial score (nSPS) is 11.1. The van der Waals surface area contributed by atoms with Crippen LogP contribution >= 0.6 is 46.3 Å². The van der Waals surface area contributed by atoms with Gasteiger partial charge in [0.15, 0.2) is 0 Å². The second kappa shape index (κ2) is 4.31. The van der Waals surface area contributed by atoms with Crippen molar-refractivity contribution in [3.63, 3.8) is 0 Å². The minimum Gasteiger partial charge on any atom is -0.129 e. The van der Waals surface area contributed by atoms with Gasteiger partial charge in [0, 0.05) is 15.6 Å². The first-order valence-electron chi connectivity index (χ1n) is 4.06. The van der Waals surface area contributed by atoms with Crippen LogP contribution in [0.25, 0.3) is 10.1 Å². The molecule has 0 saturated heterocycles. The van der Waals surface area contributed by atoms with E-state index in [1.54, 1.807) is 23.1 Å². The van der Waals surface area contributed by atoms with Gasteiger partial charge in [-0.05, 0) is 35.4 Å². The van der Waals surface area contributed by atoms with Gasteiger partial charge in [-0.2, -0.15) is 0 Å². The Bertz CT molecular complexity index is 462. The van der Waals surface area contributed by atoms with Crippen molar-refractivity contribution in [1.29, 1.82) is 0 Å². The van der Waals surface area contributed by atoms with E-state index in [0.29, 0.717) is 5.88 Å². The molecule has 0 N–H and O–H groups in total. The molecule has 2 aromatic rings. The van der Waals surface area contributed by atoms with E-state index in [9.17, 15) is 0 Å². The molecule has 0 nitrogen and oxygen atoms in total. The van der Waals surface area contributed by atoms with Gasteiger partial charge in [0.25, 0.3) is 0 Å². The summed E-state index contributed by atoms with van der Waals surface area (Å²) >= 11 is 15.4. The Hall–Kier alpha value is 0.110. The van der Waals surface area contributed by atoms with Gasteiger partial charge in [-0.25, -0.2) is 0 Å². The minimum absolute atomic E-state index is 0.519. The fourth-order valence-electron chi connectivity index (χ4n) is 1.36. The van der Waals surface area contributed by atoms with Crippen molar-refractivity contribution in [3.05, 3.63) is 28.8 Å². The van der Waals surface area contributed by atoms with E-state index in [4.69, 9.17) is 23.2 Å². The van der Waals surface area contributed by atoms with Crippen LogP contribution in [-0.2, 0) is 5.88 Å². The summed E-state index contributed by atoms with van der Waals surface area (Å²) < 4.78 is 2.56. The van der Waals surface area contributed by atoms with Crippen molar-refractivity contribution in [1.82, 2.24) is 0 Å². The minimum atomic E-state index is 0.519. The molecule has 0 radical (unpaired) electrons. The molecule has 0 aliphatic carbocycles. The molecule has 1 aromatic carbocycles. The van der Waals surface area contributed by atoms with Crippen molar-refractivity contribution >= 4 is 56.4 Å². The number of benzene rings is 1. The average molecular weight is 263 g/mol. The number of hydrogen-bond donors (Lipinski definition) is 0. The van der Waals surface area contributed by atoms with Crippen LogP contribution in [0.3, 0.4) is 0 Å². The molecule has 0 atom stereocenters. The summed E-state index contributed by atoms with van der Waals surface area (Å²) in [6.07, 6.45) is 2.08. The highest BCUT2D eigenvalue weighted by Crippen LogP contribution is 2.36. The van der Waals surface area contributed by atoms with Crippen LogP contribution in [0, 0.1) is 0 Å². The van der Waals surface area contributed by atoms with Gasteiger partial charge < -0.3 is 0 Å². The molecule has 1 heterocycles. The maximum absolute atomic E-state index is 5.99. The zero-order valence-corrected chi connectivity index (χ0v) is 10.7. The standard InChI is InChI=1S/C10H8Cl2S2/c1-13-9-4-6-2-8(12)3-7(5-11)10(6)14-9/h2-4H,5H2,1H3.